The highest BCUT2D eigenvalue weighted by molar-refractivity contribution is 6.91. The van der Waals surface area contributed by atoms with Crippen LogP contribution in [0.25, 0.3) is 10.9 Å². The summed E-state index contributed by atoms with van der Waals surface area (Å²) in [5.41, 5.74) is 2.29. The number of aliphatic hydroxyl groups excluding tert-OH is 1. The number of para-hydroxylation sites is 1. The van der Waals surface area contributed by atoms with Gasteiger partial charge in [-0.15, -0.1) is 0 Å². The maximum atomic E-state index is 14.2. The second-order valence-corrected chi connectivity index (χ2v) is 18.9. The predicted molar refractivity (Wildman–Crippen MR) is 192 cm³/mol. The smallest absolute Gasteiger partial charge is 0.261 e. The zero-order valence-corrected chi connectivity index (χ0v) is 29.4. The number of fused-ring (bicyclic) bond motifs is 3. The molecular formula is C38H44N4O6Si. The Bertz CT molecular complexity index is 1910. The summed E-state index contributed by atoms with van der Waals surface area (Å²) < 4.78 is 12.4. The molecule has 0 radical (unpaired) electrons. The molecule has 0 aliphatic carbocycles. The number of hydrogen-bond donors (Lipinski definition) is 4. The molecule has 4 heterocycles. The van der Waals surface area contributed by atoms with Gasteiger partial charge in [-0.3, -0.25) is 14.4 Å². The van der Waals surface area contributed by atoms with Gasteiger partial charge in [0.1, 0.15) is 5.75 Å². The number of nitrogens with one attached hydrogen (secondary N) is 3. The Morgan fingerprint density at radius 2 is 1.90 bits per heavy atom. The van der Waals surface area contributed by atoms with Crippen molar-refractivity contribution in [1.82, 2.24) is 9.88 Å². The third-order valence-electron chi connectivity index (χ3n) is 11.2. The average Bonchev–Trinajstić information content (AvgIpc) is 3.86. The van der Waals surface area contributed by atoms with Crippen molar-refractivity contribution < 1.29 is 29.0 Å². The molecule has 3 aliphatic heterocycles. The summed E-state index contributed by atoms with van der Waals surface area (Å²) >= 11 is 0. The molecule has 49 heavy (non-hydrogen) atoms. The number of anilines is 2. The molecule has 0 saturated carbocycles. The lowest BCUT2D eigenvalue weighted by Gasteiger charge is -2.37. The highest BCUT2D eigenvalue weighted by Crippen LogP contribution is 2.59. The van der Waals surface area contributed by atoms with Gasteiger partial charge in [0.2, 0.25) is 11.8 Å². The van der Waals surface area contributed by atoms with Gasteiger partial charge in [0.05, 0.1) is 46.8 Å². The minimum atomic E-state index is -2.44. The fraction of sp³-hybridized carbons (Fsp3) is 0.395. The number of amides is 3. The van der Waals surface area contributed by atoms with Crippen LogP contribution in [0.15, 0.2) is 72.9 Å². The van der Waals surface area contributed by atoms with E-state index in [9.17, 15) is 19.5 Å². The topological polar surface area (TPSA) is 133 Å². The minimum absolute atomic E-state index is 0.0627. The molecule has 4 N–H and O–H groups in total. The molecule has 1 aromatic heterocycles. The van der Waals surface area contributed by atoms with E-state index in [-0.39, 0.29) is 54.7 Å². The second kappa shape index (κ2) is 12.8. The number of aromatic nitrogens is 1. The van der Waals surface area contributed by atoms with Gasteiger partial charge in [-0.25, -0.2) is 0 Å². The highest BCUT2D eigenvalue weighted by atomic mass is 28.3. The number of carbonyl (C=O) groups is 3. The van der Waals surface area contributed by atoms with Crippen molar-refractivity contribution in [3.8, 4) is 5.75 Å². The van der Waals surface area contributed by atoms with Crippen molar-refractivity contribution in [3.63, 3.8) is 0 Å². The standard InChI is InChI=1S/C38H44N4O6Si/c1-23-36(49(3,4)28-14-12-27(47-2)13-15-28)33(20-35(45)42-17-7-8-26(42)22-43)48-38(23)30-19-25(11-16-32(30)41-37(38)46)40-34(44)18-24-21-39-31-10-6-5-9-29(24)31/h5-6,9-16,19,21,23,26,33,36,39,43H,7-8,17-18,20,22H2,1-4H3,(H,40,44)(H,41,46)/t23-,26-,33+,36-,38+/m0/s1. The fourth-order valence-electron chi connectivity index (χ4n) is 8.71. The number of H-pyrrole nitrogens is 1. The van der Waals surface area contributed by atoms with Crippen molar-refractivity contribution in [2.24, 2.45) is 5.92 Å². The van der Waals surface area contributed by atoms with Gasteiger partial charge in [0.25, 0.3) is 5.91 Å². The Hall–Kier alpha value is -4.45. The van der Waals surface area contributed by atoms with Crippen molar-refractivity contribution >= 4 is 53.3 Å². The van der Waals surface area contributed by atoms with Crippen LogP contribution in [0.2, 0.25) is 18.6 Å². The molecule has 3 aromatic carbocycles. The molecule has 4 aromatic rings. The average molecular weight is 681 g/mol. The van der Waals surface area contributed by atoms with Gasteiger partial charge in [0, 0.05) is 46.5 Å². The van der Waals surface area contributed by atoms with Gasteiger partial charge in [-0.2, -0.15) is 0 Å². The van der Waals surface area contributed by atoms with Crippen LogP contribution in [0, 0.1) is 5.92 Å². The fourth-order valence-corrected chi connectivity index (χ4v) is 12.7. The lowest BCUT2D eigenvalue weighted by Crippen LogP contribution is -2.52. The lowest BCUT2D eigenvalue weighted by atomic mass is 9.82. The van der Waals surface area contributed by atoms with Crippen LogP contribution in [0.3, 0.4) is 0 Å². The van der Waals surface area contributed by atoms with Crippen molar-refractivity contribution in [1.29, 1.82) is 0 Å². The van der Waals surface area contributed by atoms with Crippen LogP contribution in [0.5, 0.6) is 5.75 Å². The number of aliphatic hydroxyl groups is 1. The Labute approximate surface area is 287 Å². The van der Waals surface area contributed by atoms with E-state index >= 15 is 0 Å². The maximum Gasteiger partial charge on any atom is 0.261 e. The molecule has 10 nitrogen and oxygen atoms in total. The summed E-state index contributed by atoms with van der Waals surface area (Å²) in [4.78, 5) is 46.3. The number of likely N-dealkylation sites (tertiary alicyclic amines) is 1. The molecular weight excluding hydrogens is 637 g/mol. The first kappa shape index (κ1) is 33.1. The van der Waals surface area contributed by atoms with E-state index in [1.165, 1.54) is 5.19 Å². The molecule has 0 unspecified atom stereocenters. The molecule has 2 fully saturated rings. The van der Waals surface area contributed by atoms with Crippen LogP contribution in [0.1, 0.15) is 37.3 Å². The second-order valence-electron chi connectivity index (χ2n) is 14.2. The van der Waals surface area contributed by atoms with Gasteiger partial charge in [0.15, 0.2) is 5.60 Å². The molecule has 3 aliphatic rings. The normalized spacial score (nSPS) is 24.8. The predicted octanol–water partition coefficient (Wildman–Crippen LogP) is 4.90. The van der Waals surface area contributed by atoms with Crippen LogP contribution in [-0.4, -0.2) is 73.2 Å². The number of nitrogens with zero attached hydrogens (tertiary/aromatic N) is 1. The molecule has 256 valence electrons. The van der Waals surface area contributed by atoms with Crippen molar-refractivity contribution in [3.05, 3.63) is 84.1 Å². The molecule has 5 atom stereocenters. The van der Waals surface area contributed by atoms with Crippen LogP contribution in [0.4, 0.5) is 11.4 Å². The first-order chi connectivity index (χ1) is 23.6. The summed E-state index contributed by atoms with van der Waals surface area (Å²) in [7, 11) is -0.795. The van der Waals surface area contributed by atoms with E-state index in [4.69, 9.17) is 9.47 Å². The number of methoxy groups -OCH3 is 1. The van der Waals surface area contributed by atoms with Crippen molar-refractivity contribution in [2.45, 2.75) is 69.0 Å². The van der Waals surface area contributed by atoms with E-state index in [1.807, 2.05) is 54.7 Å². The number of ether oxygens (including phenoxy) is 2. The molecule has 0 bridgehead atoms. The number of aromatic amines is 1. The van der Waals surface area contributed by atoms with Crippen LogP contribution < -0.4 is 20.6 Å². The van der Waals surface area contributed by atoms with Crippen LogP contribution >= 0.6 is 0 Å². The Balaban J connectivity index is 1.22. The van der Waals surface area contributed by atoms with Gasteiger partial charge >= 0.3 is 0 Å². The quantitative estimate of drug-likeness (QED) is 0.186. The SMILES string of the molecule is COc1ccc([Si](C)(C)[C@@H]2[C@@H](CC(=O)N3CCC[C@H]3CO)O[C@]3(C(=O)Nc4ccc(NC(=O)Cc5c[nH]c6ccccc56)cc43)[C@H]2C)cc1. The number of hydrogen-bond acceptors (Lipinski definition) is 6. The minimum Gasteiger partial charge on any atom is -0.497 e. The largest absolute Gasteiger partial charge is 0.497 e. The van der Waals surface area contributed by atoms with E-state index in [1.54, 1.807) is 18.1 Å². The molecule has 3 amide bonds. The molecule has 11 heteroatoms. The van der Waals surface area contributed by atoms with Crippen LogP contribution in [-0.2, 0) is 31.1 Å². The van der Waals surface area contributed by atoms with E-state index in [2.05, 4.69) is 47.8 Å². The Kier molecular flexibility index (Phi) is 8.62. The summed E-state index contributed by atoms with van der Waals surface area (Å²) in [6.45, 7) is 7.15. The lowest BCUT2D eigenvalue weighted by molar-refractivity contribution is -0.148. The van der Waals surface area contributed by atoms with Gasteiger partial charge in [-0.05, 0) is 60.3 Å². The number of carbonyl (C=O) groups excluding carboxylic acids is 3. The Morgan fingerprint density at radius 1 is 1.12 bits per heavy atom. The van der Waals surface area contributed by atoms with Crippen molar-refractivity contribution in [2.75, 3.05) is 30.9 Å². The zero-order valence-electron chi connectivity index (χ0n) is 28.4. The maximum absolute atomic E-state index is 14.2. The number of benzene rings is 3. The van der Waals surface area contributed by atoms with Gasteiger partial charge in [-0.1, -0.05) is 55.5 Å². The van der Waals surface area contributed by atoms with E-state index in [0.717, 1.165) is 35.1 Å². The first-order valence-corrected chi connectivity index (χ1v) is 20.2. The molecule has 2 saturated heterocycles. The Morgan fingerprint density at radius 3 is 2.65 bits per heavy atom. The zero-order chi connectivity index (χ0) is 34.5. The summed E-state index contributed by atoms with van der Waals surface area (Å²) in [6, 6.07) is 21.2. The first-order valence-electron chi connectivity index (χ1n) is 17.1. The third kappa shape index (κ3) is 5.63. The van der Waals surface area contributed by atoms with E-state index < -0.39 is 19.8 Å². The molecule has 7 rings (SSSR count). The highest BCUT2D eigenvalue weighted by Gasteiger charge is 2.65. The molecule has 1 spiro atoms. The van der Waals surface area contributed by atoms with Gasteiger partial charge < -0.3 is 35.1 Å². The summed E-state index contributed by atoms with van der Waals surface area (Å²) in [5.74, 6) is -0.0205. The number of rotatable bonds is 9. The third-order valence-corrected chi connectivity index (χ3v) is 15.5. The monoisotopic (exact) mass is 680 g/mol. The summed E-state index contributed by atoms with van der Waals surface area (Å²) in [6.07, 6.45) is 3.25. The van der Waals surface area contributed by atoms with E-state index in [0.29, 0.717) is 23.5 Å². The summed E-state index contributed by atoms with van der Waals surface area (Å²) in [5, 5.41) is 18.2.